The summed E-state index contributed by atoms with van der Waals surface area (Å²) in [6.45, 7) is 5.88. The third-order valence-corrected chi connectivity index (χ3v) is 1.47. The zero-order valence-corrected chi connectivity index (χ0v) is 7.90. The first-order chi connectivity index (χ1) is 5.70. The molecule has 12 heavy (non-hydrogen) atoms. The van der Waals surface area contributed by atoms with E-state index in [1.165, 1.54) is 0 Å². The Balaban J connectivity index is 3.51. The van der Waals surface area contributed by atoms with Crippen molar-refractivity contribution in [2.24, 2.45) is 10.8 Å². The van der Waals surface area contributed by atoms with Crippen molar-refractivity contribution in [3.63, 3.8) is 0 Å². The van der Waals surface area contributed by atoms with E-state index in [-0.39, 0.29) is 0 Å². The molecule has 0 amide bonds. The molecule has 0 spiro atoms. The number of likely N-dealkylation sites (N-methyl/N-ethyl adjacent to an activating group) is 1. The summed E-state index contributed by atoms with van der Waals surface area (Å²) in [7, 11) is 3.87. The third-order valence-electron chi connectivity index (χ3n) is 1.47. The highest BCUT2D eigenvalue weighted by Crippen LogP contribution is 1.86. The lowest BCUT2D eigenvalue weighted by atomic mass is 10.5. The largest absolute Gasteiger partial charge is 0.329 e. The summed E-state index contributed by atoms with van der Waals surface area (Å²) < 4.78 is 0. The quantitative estimate of drug-likeness (QED) is 0.448. The number of hydrazone groups is 1. The topological polar surface area (TPSA) is 44.9 Å². The van der Waals surface area contributed by atoms with E-state index in [4.69, 9.17) is 5.73 Å². The summed E-state index contributed by atoms with van der Waals surface area (Å²) in [6.07, 6.45) is 3.89. The fourth-order valence-corrected chi connectivity index (χ4v) is 0.738. The van der Waals surface area contributed by atoms with Gasteiger partial charge in [-0.3, -0.25) is 5.01 Å². The van der Waals surface area contributed by atoms with Gasteiger partial charge < -0.3 is 10.6 Å². The Labute approximate surface area is 74.3 Å². The first kappa shape index (κ1) is 11.1. The molecule has 0 aromatic carbocycles. The number of hydrogen-bond donors (Lipinski definition) is 1. The van der Waals surface area contributed by atoms with Crippen LogP contribution in [0.5, 0.6) is 0 Å². The van der Waals surface area contributed by atoms with Crippen LogP contribution in [-0.2, 0) is 0 Å². The molecule has 4 heteroatoms. The van der Waals surface area contributed by atoms with Crippen LogP contribution in [0.25, 0.3) is 0 Å². The SMILES string of the molecule is C=NN(C)/C=C/CN(C)CCN. The lowest BCUT2D eigenvalue weighted by Crippen LogP contribution is -2.25. The highest BCUT2D eigenvalue weighted by atomic mass is 15.4. The molecule has 0 fully saturated rings. The monoisotopic (exact) mass is 170 g/mol. The second-order valence-corrected chi connectivity index (χ2v) is 2.65. The Bertz CT molecular complexity index is 144. The van der Waals surface area contributed by atoms with E-state index in [1.54, 1.807) is 5.01 Å². The average Bonchev–Trinajstić information content (AvgIpc) is 2.04. The molecular weight excluding hydrogens is 152 g/mol. The minimum Gasteiger partial charge on any atom is -0.329 e. The van der Waals surface area contributed by atoms with E-state index in [0.29, 0.717) is 6.54 Å². The fourth-order valence-electron chi connectivity index (χ4n) is 0.738. The molecule has 0 aliphatic heterocycles. The third kappa shape index (κ3) is 5.88. The van der Waals surface area contributed by atoms with E-state index in [2.05, 4.69) is 16.7 Å². The second kappa shape index (κ2) is 6.82. The molecule has 0 saturated heterocycles. The first-order valence-electron chi connectivity index (χ1n) is 3.95. The highest BCUT2D eigenvalue weighted by molar-refractivity contribution is 5.22. The van der Waals surface area contributed by atoms with Gasteiger partial charge in [0.25, 0.3) is 0 Å². The summed E-state index contributed by atoms with van der Waals surface area (Å²) in [5, 5.41) is 5.35. The van der Waals surface area contributed by atoms with Crippen molar-refractivity contribution in [1.82, 2.24) is 9.91 Å². The van der Waals surface area contributed by atoms with Gasteiger partial charge in [-0.15, -0.1) is 0 Å². The standard InChI is InChI=1S/C8H18N4/c1-10-12(3)7-4-6-11(2)8-5-9/h4,7H,1,5-6,8-9H2,2-3H3/b7-4+. The van der Waals surface area contributed by atoms with Crippen molar-refractivity contribution in [1.29, 1.82) is 0 Å². The summed E-state index contributed by atoms with van der Waals surface area (Å²) in [5.41, 5.74) is 5.38. The molecular formula is C8H18N4. The molecule has 0 aromatic heterocycles. The van der Waals surface area contributed by atoms with Crippen LogP contribution in [0, 0.1) is 0 Å². The van der Waals surface area contributed by atoms with Gasteiger partial charge in [0.2, 0.25) is 0 Å². The van der Waals surface area contributed by atoms with Crippen LogP contribution in [-0.4, -0.2) is 50.4 Å². The van der Waals surface area contributed by atoms with Crippen LogP contribution in [0.1, 0.15) is 0 Å². The maximum atomic E-state index is 5.38. The molecule has 0 aromatic rings. The van der Waals surface area contributed by atoms with E-state index in [9.17, 15) is 0 Å². The van der Waals surface area contributed by atoms with Gasteiger partial charge in [-0.2, -0.15) is 5.10 Å². The Hall–Kier alpha value is -0.870. The summed E-state index contributed by atoms with van der Waals surface area (Å²) >= 11 is 0. The number of rotatable bonds is 6. The van der Waals surface area contributed by atoms with Gasteiger partial charge in [0.15, 0.2) is 0 Å². The number of nitrogens with two attached hydrogens (primary N) is 1. The van der Waals surface area contributed by atoms with Crippen molar-refractivity contribution in [3.05, 3.63) is 12.3 Å². The maximum Gasteiger partial charge on any atom is 0.0296 e. The lowest BCUT2D eigenvalue weighted by molar-refractivity contribution is 0.377. The predicted molar refractivity (Wildman–Crippen MR) is 53.0 cm³/mol. The highest BCUT2D eigenvalue weighted by Gasteiger charge is 1.91. The molecule has 2 N–H and O–H groups in total. The van der Waals surface area contributed by atoms with Crippen LogP contribution in [0.2, 0.25) is 0 Å². The molecule has 0 aliphatic carbocycles. The molecule has 0 radical (unpaired) electrons. The summed E-state index contributed by atoms with van der Waals surface area (Å²) in [4.78, 5) is 2.13. The molecule has 0 aliphatic rings. The normalized spacial score (nSPS) is 11.0. The Morgan fingerprint density at radius 3 is 2.67 bits per heavy atom. The van der Waals surface area contributed by atoms with Crippen LogP contribution in [0.15, 0.2) is 17.4 Å². The average molecular weight is 170 g/mol. The zero-order valence-electron chi connectivity index (χ0n) is 7.90. The molecule has 4 nitrogen and oxygen atoms in total. The second-order valence-electron chi connectivity index (χ2n) is 2.65. The lowest BCUT2D eigenvalue weighted by Gasteiger charge is -2.12. The first-order valence-corrected chi connectivity index (χ1v) is 3.95. The summed E-state index contributed by atoms with van der Waals surface area (Å²) in [5.74, 6) is 0. The van der Waals surface area contributed by atoms with Gasteiger partial charge in [-0.25, -0.2) is 0 Å². The Morgan fingerprint density at radius 2 is 2.17 bits per heavy atom. The Kier molecular flexibility index (Phi) is 6.32. The van der Waals surface area contributed by atoms with Gasteiger partial charge >= 0.3 is 0 Å². The molecule has 0 heterocycles. The zero-order chi connectivity index (χ0) is 9.40. The molecule has 0 rings (SSSR count). The van der Waals surface area contributed by atoms with E-state index >= 15 is 0 Å². The predicted octanol–water partition coefficient (Wildman–Crippen LogP) is -0.0620. The smallest absolute Gasteiger partial charge is 0.0296 e. The van der Waals surface area contributed by atoms with Gasteiger partial charge in [0.1, 0.15) is 0 Å². The van der Waals surface area contributed by atoms with Crippen molar-refractivity contribution in [3.8, 4) is 0 Å². The van der Waals surface area contributed by atoms with E-state index in [1.807, 2.05) is 26.4 Å². The van der Waals surface area contributed by atoms with Crippen LogP contribution in [0.3, 0.4) is 0 Å². The van der Waals surface area contributed by atoms with Gasteiger partial charge in [-0.05, 0) is 7.05 Å². The molecule has 70 valence electrons. The Morgan fingerprint density at radius 1 is 1.50 bits per heavy atom. The maximum absolute atomic E-state index is 5.38. The van der Waals surface area contributed by atoms with Crippen molar-refractivity contribution in [2.45, 2.75) is 0 Å². The van der Waals surface area contributed by atoms with Crippen molar-refractivity contribution >= 4 is 6.72 Å². The molecule has 0 unspecified atom stereocenters. The molecule has 0 bridgehead atoms. The van der Waals surface area contributed by atoms with Gasteiger partial charge in [0, 0.05) is 39.6 Å². The van der Waals surface area contributed by atoms with Crippen molar-refractivity contribution < 1.29 is 0 Å². The van der Waals surface area contributed by atoms with Crippen LogP contribution in [0.4, 0.5) is 0 Å². The minimum absolute atomic E-state index is 0.694. The van der Waals surface area contributed by atoms with Crippen molar-refractivity contribution in [2.75, 3.05) is 33.7 Å². The number of nitrogens with zero attached hydrogens (tertiary/aromatic N) is 3. The molecule has 0 saturated carbocycles. The molecule has 0 atom stereocenters. The summed E-state index contributed by atoms with van der Waals surface area (Å²) in [6, 6.07) is 0. The van der Waals surface area contributed by atoms with Gasteiger partial charge in [-0.1, -0.05) is 6.08 Å². The van der Waals surface area contributed by atoms with Crippen LogP contribution >= 0.6 is 0 Å². The minimum atomic E-state index is 0.694. The van der Waals surface area contributed by atoms with E-state index < -0.39 is 0 Å². The van der Waals surface area contributed by atoms with Crippen LogP contribution < -0.4 is 5.73 Å². The fraction of sp³-hybridized carbons (Fsp3) is 0.625. The van der Waals surface area contributed by atoms with Gasteiger partial charge in [0.05, 0.1) is 0 Å². The van der Waals surface area contributed by atoms with E-state index in [0.717, 1.165) is 13.1 Å². The number of hydrogen-bond acceptors (Lipinski definition) is 4.